The third-order valence-corrected chi connectivity index (χ3v) is 4.45. The topological polar surface area (TPSA) is 55.4 Å². The third-order valence-electron chi connectivity index (χ3n) is 3.35. The van der Waals surface area contributed by atoms with Crippen LogP contribution in [0.2, 0.25) is 0 Å². The van der Waals surface area contributed by atoms with Gasteiger partial charge in [0.1, 0.15) is 9.75 Å². The van der Waals surface area contributed by atoms with Crippen molar-refractivity contribution in [2.24, 2.45) is 5.41 Å². The van der Waals surface area contributed by atoms with Gasteiger partial charge in [-0.15, -0.1) is 23.2 Å². The molecule has 0 heterocycles. The summed E-state index contributed by atoms with van der Waals surface area (Å²) in [7, 11) is 0. The first-order valence-corrected chi connectivity index (χ1v) is 6.82. The second kappa shape index (κ2) is 5.62. The molecule has 1 aromatic rings. The zero-order chi connectivity index (χ0) is 16.7. The van der Waals surface area contributed by atoms with Crippen LogP contribution in [0.1, 0.15) is 13.3 Å². The Labute approximate surface area is 133 Å². The summed E-state index contributed by atoms with van der Waals surface area (Å²) in [4.78, 5) is 23.2. The Balaban J connectivity index is 1.92. The maximum atomic E-state index is 13.4. The SMILES string of the molecule is C[C@]1(C(=O)OCC(=O)Nc2ccc(F)c(F)c2F)CC1(Cl)Cl. The van der Waals surface area contributed by atoms with Gasteiger partial charge in [-0.05, 0) is 19.1 Å². The average molecular weight is 356 g/mol. The number of halogens is 5. The van der Waals surface area contributed by atoms with Gasteiger partial charge in [0.25, 0.3) is 5.91 Å². The molecule has 22 heavy (non-hydrogen) atoms. The summed E-state index contributed by atoms with van der Waals surface area (Å²) in [6, 6.07) is 1.50. The smallest absolute Gasteiger partial charge is 0.315 e. The van der Waals surface area contributed by atoms with Crippen molar-refractivity contribution in [3.05, 3.63) is 29.6 Å². The first kappa shape index (κ1) is 16.9. The number of ether oxygens (including phenoxy) is 1. The summed E-state index contributed by atoms with van der Waals surface area (Å²) in [5, 5.41) is 1.96. The molecule has 1 saturated carbocycles. The molecule has 0 saturated heterocycles. The number of hydrogen-bond donors (Lipinski definition) is 1. The van der Waals surface area contributed by atoms with Crippen LogP contribution in [-0.4, -0.2) is 22.8 Å². The lowest BCUT2D eigenvalue weighted by Crippen LogP contribution is -2.27. The lowest BCUT2D eigenvalue weighted by molar-refractivity contribution is -0.152. The highest BCUT2D eigenvalue weighted by Gasteiger charge is 2.69. The molecule has 0 aromatic heterocycles. The first-order chi connectivity index (χ1) is 10.1. The molecule has 0 aliphatic heterocycles. The van der Waals surface area contributed by atoms with Gasteiger partial charge in [0.05, 0.1) is 5.69 Å². The summed E-state index contributed by atoms with van der Waals surface area (Å²) in [5.41, 5.74) is -1.68. The van der Waals surface area contributed by atoms with E-state index in [4.69, 9.17) is 27.9 Å². The van der Waals surface area contributed by atoms with Gasteiger partial charge in [-0.25, -0.2) is 13.2 Å². The number of hydrogen-bond acceptors (Lipinski definition) is 3. The fourth-order valence-electron chi connectivity index (χ4n) is 1.72. The molecular weight excluding hydrogens is 346 g/mol. The summed E-state index contributed by atoms with van der Waals surface area (Å²) < 4.78 is 42.6. The molecule has 4 nitrogen and oxygen atoms in total. The van der Waals surface area contributed by atoms with Gasteiger partial charge in [0.15, 0.2) is 24.1 Å². The highest BCUT2D eigenvalue weighted by atomic mass is 35.5. The van der Waals surface area contributed by atoms with Gasteiger partial charge >= 0.3 is 5.97 Å². The predicted molar refractivity (Wildman–Crippen MR) is 73.1 cm³/mol. The van der Waals surface area contributed by atoms with E-state index in [1.54, 1.807) is 0 Å². The molecule has 0 radical (unpaired) electrons. The van der Waals surface area contributed by atoms with Crippen molar-refractivity contribution < 1.29 is 27.5 Å². The van der Waals surface area contributed by atoms with Crippen molar-refractivity contribution in [3.63, 3.8) is 0 Å². The van der Waals surface area contributed by atoms with Crippen LogP contribution in [0.25, 0.3) is 0 Å². The lowest BCUT2D eigenvalue weighted by Gasteiger charge is -2.12. The fraction of sp³-hybridized carbons (Fsp3) is 0.385. The van der Waals surface area contributed by atoms with Crippen LogP contribution in [0, 0.1) is 22.9 Å². The van der Waals surface area contributed by atoms with Crippen LogP contribution in [-0.2, 0) is 14.3 Å². The number of nitrogens with one attached hydrogen (secondary N) is 1. The molecule has 120 valence electrons. The largest absolute Gasteiger partial charge is 0.455 e. The monoisotopic (exact) mass is 355 g/mol. The number of rotatable bonds is 4. The van der Waals surface area contributed by atoms with E-state index in [9.17, 15) is 22.8 Å². The third kappa shape index (κ3) is 3.01. The van der Waals surface area contributed by atoms with Crippen LogP contribution in [0.4, 0.5) is 18.9 Å². The zero-order valence-corrected chi connectivity index (χ0v) is 12.7. The molecular formula is C13H10Cl2F3NO3. The van der Waals surface area contributed by atoms with Crippen LogP contribution in [0.3, 0.4) is 0 Å². The number of amides is 1. The highest BCUT2D eigenvalue weighted by molar-refractivity contribution is 6.53. The molecule has 1 aromatic carbocycles. The minimum Gasteiger partial charge on any atom is -0.455 e. The van der Waals surface area contributed by atoms with Gasteiger partial charge < -0.3 is 10.1 Å². The first-order valence-electron chi connectivity index (χ1n) is 6.07. The van der Waals surface area contributed by atoms with E-state index in [2.05, 4.69) is 0 Å². The zero-order valence-electron chi connectivity index (χ0n) is 11.2. The van der Waals surface area contributed by atoms with Crippen LogP contribution in [0.5, 0.6) is 0 Å². The van der Waals surface area contributed by atoms with Crippen molar-refractivity contribution in [2.45, 2.75) is 17.7 Å². The number of carbonyl (C=O) groups excluding carboxylic acids is 2. The van der Waals surface area contributed by atoms with Crippen molar-refractivity contribution in [1.82, 2.24) is 0 Å². The Morgan fingerprint density at radius 1 is 1.27 bits per heavy atom. The molecule has 1 aliphatic rings. The van der Waals surface area contributed by atoms with E-state index in [0.29, 0.717) is 6.07 Å². The number of alkyl halides is 2. The van der Waals surface area contributed by atoms with Gasteiger partial charge in [0.2, 0.25) is 0 Å². The highest BCUT2D eigenvalue weighted by Crippen LogP contribution is 2.64. The van der Waals surface area contributed by atoms with Gasteiger partial charge in [-0.3, -0.25) is 9.59 Å². The average Bonchev–Trinajstić information content (AvgIpc) is 2.97. The summed E-state index contributed by atoms with van der Waals surface area (Å²) in [6.07, 6.45) is 0.182. The number of carbonyl (C=O) groups is 2. The van der Waals surface area contributed by atoms with Crippen LogP contribution >= 0.6 is 23.2 Å². The predicted octanol–water partition coefficient (Wildman–Crippen LogP) is 3.17. The quantitative estimate of drug-likeness (QED) is 0.512. The van der Waals surface area contributed by atoms with E-state index in [0.717, 1.165) is 6.07 Å². The molecule has 9 heteroatoms. The molecule has 1 atom stereocenters. The summed E-state index contributed by atoms with van der Waals surface area (Å²) >= 11 is 11.6. The number of benzene rings is 1. The van der Waals surface area contributed by atoms with E-state index in [1.165, 1.54) is 6.92 Å². The Kier molecular flexibility index (Phi) is 4.32. The standard InChI is InChI=1S/C13H10Cl2F3NO3/c1-12(5-13(12,14)15)11(21)22-4-8(20)19-7-3-2-6(16)9(17)10(7)18/h2-3H,4-5H2,1H3,(H,19,20)/t12-/m1/s1. The second-order valence-corrected chi connectivity index (χ2v) is 6.54. The Morgan fingerprint density at radius 2 is 1.86 bits per heavy atom. The number of anilines is 1. The molecule has 1 fully saturated rings. The van der Waals surface area contributed by atoms with E-state index >= 15 is 0 Å². The molecule has 0 bridgehead atoms. The van der Waals surface area contributed by atoms with Gasteiger partial charge in [-0.1, -0.05) is 0 Å². The van der Waals surface area contributed by atoms with Crippen molar-refractivity contribution in [3.8, 4) is 0 Å². The Hall–Kier alpha value is -1.47. The molecule has 1 amide bonds. The molecule has 1 N–H and O–H groups in total. The molecule has 0 spiro atoms. The fourth-order valence-corrected chi connectivity index (χ4v) is 2.41. The minimum atomic E-state index is -1.71. The van der Waals surface area contributed by atoms with Crippen LogP contribution in [0.15, 0.2) is 12.1 Å². The van der Waals surface area contributed by atoms with Crippen molar-refractivity contribution in [1.29, 1.82) is 0 Å². The Bertz CT molecular complexity index is 654. The molecule has 2 rings (SSSR count). The molecule has 0 unspecified atom stereocenters. The van der Waals surface area contributed by atoms with Gasteiger partial charge in [0, 0.05) is 6.42 Å². The van der Waals surface area contributed by atoms with E-state index in [-0.39, 0.29) is 6.42 Å². The minimum absolute atomic E-state index is 0.182. The van der Waals surface area contributed by atoms with Gasteiger partial charge in [-0.2, -0.15) is 0 Å². The molecule has 1 aliphatic carbocycles. The maximum Gasteiger partial charge on any atom is 0.315 e. The van der Waals surface area contributed by atoms with E-state index < -0.39 is 51.4 Å². The second-order valence-electron chi connectivity index (χ2n) is 5.06. The van der Waals surface area contributed by atoms with Crippen molar-refractivity contribution in [2.75, 3.05) is 11.9 Å². The summed E-state index contributed by atoms with van der Waals surface area (Å²) in [5.74, 6) is -6.34. The summed E-state index contributed by atoms with van der Waals surface area (Å²) in [6.45, 7) is 0.735. The lowest BCUT2D eigenvalue weighted by atomic mass is 10.1. The number of esters is 1. The normalized spacial score (nSPS) is 22.1. The van der Waals surface area contributed by atoms with Crippen LogP contribution < -0.4 is 5.32 Å². The van der Waals surface area contributed by atoms with E-state index in [1.807, 2.05) is 5.32 Å². The van der Waals surface area contributed by atoms with Crippen molar-refractivity contribution >= 4 is 40.8 Å². The Morgan fingerprint density at radius 3 is 2.41 bits per heavy atom. The maximum absolute atomic E-state index is 13.4.